The van der Waals surface area contributed by atoms with Gasteiger partial charge in [-0.1, -0.05) is 39.0 Å². The molecule has 1 rings (SSSR count). The molecule has 0 aromatic heterocycles. The third-order valence-electron chi connectivity index (χ3n) is 3.63. The number of rotatable bonds is 9. The molecule has 0 amide bonds. The molecule has 120 valence electrons. The Morgan fingerprint density at radius 3 is 2.20 bits per heavy atom. The first kappa shape index (κ1) is 18.2. The third kappa shape index (κ3) is 5.50. The van der Waals surface area contributed by atoms with Crippen LogP contribution in [0, 0.1) is 0 Å². The van der Waals surface area contributed by atoms with Gasteiger partial charge in [0.15, 0.2) is 0 Å². The highest BCUT2D eigenvalue weighted by Gasteiger charge is 2.43. The second-order valence-electron chi connectivity index (χ2n) is 5.34. The van der Waals surface area contributed by atoms with Gasteiger partial charge in [-0.2, -0.15) is 0 Å². The number of aliphatic hydroxyl groups excluding tert-OH is 4. The quantitative estimate of drug-likeness (QED) is 0.473. The van der Waals surface area contributed by atoms with Crippen LogP contribution >= 0.6 is 11.8 Å². The second kappa shape index (κ2) is 9.97. The molecule has 1 fully saturated rings. The topological polar surface area (TPSA) is 90.2 Å². The van der Waals surface area contributed by atoms with E-state index < -0.39 is 29.9 Å². The predicted octanol–water partition coefficient (Wildman–Crippen LogP) is 0.880. The van der Waals surface area contributed by atoms with E-state index in [0.29, 0.717) is 0 Å². The van der Waals surface area contributed by atoms with Gasteiger partial charge >= 0.3 is 0 Å². The first-order chi connectivity index (χ1) is 9.61. The van der Waals surface area contributed by atoms with Gasteiger partial charge in [0.1, 0.15) is 29.9 Å². The Bertz CT molecular complexity index is 252. The summed E-state index contributed by atoms with van der Waals surface area (Å²) < 4.78 is 5.43. The number of hydrogen-bond acceptors (Lipinski definition) is 6. The second-order valence-corrected chi connectivity index (χ2v) is 6.54. The van der Waals surface area contributed by atoms with Crippen molar-refractivity contribution in [2.45, 2.75) is 75.3 Å². The van der Waals surface area contributed by atoms with E-state index in [0.717, 1.165) is 18.6 Å². The van der Waals surface area contributed by atoms with E-state index >= 15 is 0 Å². The zero-order valence-corrected chi connectivity index (χ0v) is 13.0. The van der Waals surface area contributed by atoms with Gasteiger partial charge in [-0.3, -0.25) is 0 Å². The summed E-state index contributed by atoms with van der Waals surface area (Å²) in [6.45, 7) is 1.83. The van der Waals surface area contributed by atoms with Crippen molar-refractivity contribution < 1.29 is 25.2 Å². The molecule has 1 heterocycles. The molecule has 6 heteroatoms. The van der Waals surface area contributed by atoms with E-state index in [1.807, 2.05) is 0 Å². The minimum Gasteiger partial charge on any atom is -0.394 e. The van der Waals surface area contributed by atoms with Crippen molar-refractivity contribution in [2.24, 2.45) is 0 Å². The van der Waals surface area contributed by atoms with Crippen LogP contribution in [0.5, 0.6) is 0 Å². The highest BCUT2D eigenvalue weighted by molar-refractivity contribution is 7.99. The highest BCUT2D eigenvalue weighted by Crippen LogP contribution is 2.29. The predicted molar refractivity (Wildman–Crippen MR) is 79.6 cm³/mol. The van der Waals surface area contributed by atoms with Gasteiger partial charge in [0.25, 0.3) is 0 Å². The summed E-state index contributed by atoms with van der Waals surface area (Å²) in [5.74, 6) is 0.842. The lowest BCUT2D eigenvalue weighted by atomic mass is 10.0. The first-order valence-corrected chi connectivity index (χ1v) is 8.58. The zero-order chi connectivity index (χ0) is 15.0. The molecule has 20 heavy (non-hydrogen) atoms. The Kier molecular flexibility index (Phi) is 9.08. The molecule has 0 unspecified atom stereocenters. The fourth-order valence-electron chi connectivity index (χ4n) is 2.29. The number of hydrogen-bond donors (Lipinski definition) is 4. The molecule has 0 bridgehead atoms. The maximum atomic E-state index is 9.86. The Morgan fingerprint density at radius 1 is 0.900 bits per heavy atom. The van der Waals surface area contributed by atoms with Gasteiger partial charge < -0.3 is 25.2 Å². The summed E-state index contributed by atoms with van der Waals surface area (Å²) in [4.78, 5) is 0. The molecule has 4 N–H and O–H groups in total. The van der Waals surface area contributed by atoms with E-state index in [-0.39, 0.29) is 6.61 Å². The molecule has 0 aromatic rings. The lowest BCUT2D eigenvalue weighted by molar-refractivity contribution is -0.205. The Morgan fingerprint density at radius 2 is 1.55 bits per heavy atom. The van der Waals surface area contributed by atoms with Gasteiger partial charge in [-0.25, -0.2) is 0 Å². The van der Waals surface area contributed by atoms with Crippen LogP contribution in [0.4, 0.5) is 0 Å². The average Bonchev–Trinajstić information content (AvgIpc) is 2.46. The van der Waals surface area contributed by atoms with Crippen LogP contribution in [0.2, 0.25) is 0 Å². The fraction of sp³-hybridized carbons (Fsp3) is 1.00. The van der Waals surface area contributed by atoms with Crippen molar-refractivity contribution in [2.75, 3.05) is 12.4 Å². The molecule has 1 aliphatic rings. The Balaban J connectivity index is 2.21. The number of ether oxygens (including phenoxy) is 1. The standard InChI is InChI=1S/C14H28O5S/c1-2-3-4-5-6-7-8-20-14-13(18)12(17)11(16)10(9-15)19-14/h10-18H,2-9H2,1H3/t10-,11+,12-,13-,14+/m1/s1. The van der Waals surface area contributed by atoms with Crippen LogP contribution in [-0.4, -0.2) is 62.6 Å². The van der Waals surface area contributed by atoms with Crippen molar-refractivity contribution in [3.63, 3.8) is 0 Å². The highest BCUT2D eigenvalue weighted by atomic mass is 32.2. The van der Waals surface area contributed by atoms with E-state index in [1.165, 1.54) is 37.4 Å². The van der Waals surface area contributed by atoms with E-state index in [9.17, 15) is 15.3 Å². The van der Waals surface area contributed by atoms with Crippen molar-refractivity contribution in [1.29, 1.82) is 0 Å². The summed E-state index contributed by atoms with van der Waals surface area (Å²) in [5, 5.41) is 38.3. The molecule has 0 saturated carbocycles. The Hall–Kier alpha value is 0.150. The summed E-state index contributed by atoms with van der Waals surface area (Å²) in [5.41, 5.74) is -0.582. The van der Waals surface area contributed by atoms with Crippen LogP contribution in [0.15, 0.2) is 0 Å². The largest absolute Gasteiger partial charge is 0.394 e. The monoisotopic (exact) mass is 308 g/mol. The van der Waals surface area contributed by atoms with Crippen LogP contribution in [0.1, 0.15) is 45.4 Å². The van der Waals surface area contributed by atoms with Gasteiger partial charge in [0.05, 0.1) is 6.61 Å². The minimum atomic E-state index is -1.26. The molecule has 5 atom stereocenters. The maximum Gasteiger partial charge on any atom is 0.132 e. The Labute approximate surface area is 125 Å². The minimum absolute atomic E-state index is 0.362. The molecule has 1 saturated heterocycles. The van der Waals surface area contributed by atoms with Gasteiger partial charge in [0, 0.05) is 0 Å². The molecule has 5 nitrogen and oxygen atoms in total. The van der Waals surface area contributed by atoms with Gasteiger partial charge in [-0.15, -0.1) is 11.8 Å². The number of unbranched alkanes of at least 4 members (excludes halogenated alkanes) is 5. The maximum absolute atomic E-state index is 9.86. The van der Waals surface area contributed by atoms with E-state index in [2.05, 4.69) is 6.92 Å². The molecule has 0 aliphatic carbocycles. The lowest BCUT2D eigenvalue weighted by Gasteiger charge is -2.39. The van der Waals surface area contributed by atoms with Crippen molar-refractivity contribution in [3.8, 4) is 0 Å². The molecular weight excluding hydrogens is 280 g/mol. The first-order valence-electron chi connectivity index (χ1n) is 7.54. The zero-order valence-electron chi connectivity index (χ0n) is 12.1. The van der Waals surface area contributed by atoms with E-state index in [4.69, 9.17) is 9.84 Å². The van der Waals surface area contributed by atoms with Crippen LogP contribution in [-0.2, 0) is 4.74 Å². The van der Waals surface area contributed by atoms with Crippen LogP contribution in [0.3, 0.4) is 0 Å². The van der Waals surface area contributed by atoms with Gasteiger partial charge in [-0.05, 0) is 12.2 Å². The molecule has 1 aliphatic heterocycles. The number of thioether (sulfide) groups is 1. The van der Waals surface area contributed by atoms with E-state index in [1.54, 1.807) is 0 Å². The van der Waals surface area contributed by atoms with Crippen LogP contribution < -0.4 is 0 Å². The summed E-state index contributed by atoms with van der Waals surface area (Å²) in [6.07, 6.45) is 2.77. The summed E-state index contributed by atoms with van der Waals surface area (Å²) in [6, 6.07) is 0. The smallest absolute Gasteiger partial charge is 0.132 e. The van der Waals surface area contributed by atoms with Crippen molar-refractivity contribution in [1.82, 2.24) is 0 Å². The summed E-state index contributed by atoms with van der Waals surface area (Å²) >= 11 is 1.44. The van der Waals surface area contributed by atoms with Crippen molar-refractivity contribution >= 4 is 11.8 Å². The number of aliphatic hydroxyl groups is 4. The van der Waals surface area contributed by atoms with Crippen molar-refractivity contribution in [3.05, 3.63) is 0 Å². The average molecular weight is 308 g/mol. The molecule has 0 spiro atoms. The normalized spacial score (nSPS) is 34.4. The van der Waals surface area contributed by atoms with Crippen LogP contribution in [0.25, 0.3) is 0 Å². The van der Waals surface area contributed by atoms with Gasteiger partial charge in [0.2, 0.25) is 0 Å². The molecular formula is C14H28O5S. The fourth-order valence-corrected chi connectivity index (χ4v) is 3.47. The molecule has 0 aromatic carbocycles. The third-order valence-corrected chi connectivity index (χ3v) is 4.87. The summed E-state index contributed by atoms with van der Waals surface area (Å²) in [7, 11) is 0. The molecule has 0 radical (unpaired) electrons. The lowest BCUT2D eigenvalue weighted by Crippen LogP contribution is -2.57. The SMILES string of the molecule is CCCCCCCCS[C@@H]1O[C@H](CO)[C@H](O)[C@@H](O)[C@H]1O.